The first-order chi connectivity index (χ1) is 7.70. The predicted molar refractivity (Wildman–Crippen MR) is 66.4 cm³/mol. The first kappa shape index (κ1) is 11.4. The average molecular weight is 284 g/mol. The van der Waals surface area contributed by atoms with Crippen LogP contribution in [0.15, 0.2) is 21.2 Å². The van der Waals surface area contributed by atoms with Gasteiger partial charge in [-0.2, -0.15) is 0 Å². The first-order valence-corrected chi connectivity index (χ1v) is 5.96. The van der Waals surface area contributed by atoms with Crippen molar-refractivity contribution in [3.63, 3.8) is 0 Å². The summed E-state index contributed by atoms with van der Waals surface area (Å²) >= 11 is 3.46. The van der Waals surface area contributed by atoms with Crippen LogP contribution in [0.4, 0.5) is 0 Å². The molecular weight excluding hydrogens is 270 g/mol. The molecule has 5 heteroatoms. The minimum atomic E-state index is 0.788. The van der Waals surface area contributed by atoms with Crippen molar-refractivity contribution < 1.29 is 4.42 Å². The summed E-state index contributed by atoms with van der Waals surface area (Å²) in [6.45, 7) is 2.82. The topological polar surface area (TPSA) is 53.9 Å². The molecule has 2 heterocycles. The van der Waals surface area contributed by atoms with Gasteiger partial charge in [-0.15, -0.1) is 0 Å². The van der Waals surface area contributed by atoms with E-state index in [-0.39, 0.29) is 0 Å². The summed E-state index contributed by atoms with van der Waals surface area (Å²) in [5.74, 6) is 2.63. The van der Waals surface area contributed by atoms with Crippen molar-refractivity contribution in [3.05, 3.63) is 28.3 Å². The number of nitrogens with one attached hydrogen (secondary N) is 2. The van der Waals surface area contributed by atoms with Crippen molar-refractivity contribution in [3.8, 4) is 11.5 Å². The summed E-state index contributed by atoms with van der Waals surface area (Å²) in [7, 11) is 1.93. The average Bonchev–Trinajstić information content (AvgIpc) is 2.82. The van der Waals surface area contributed by atoms with E-state index in [1.165, 1.54) is 0 Å². The van der Waals surface area contributed by atoms with Crippen molar-refractivity contribution in [1.29, 1.82) is 0 Å². The largest absolute Gasteiger partial charge is 0.460 e. The lowest BCUT2D eigenvalue weighted by molar-refractivity contribution is 0.546. The van der Waals surface area contributed by atoms with Gasteiger partial charge in [0.15, 0.2) is 5.76 Å². The van der Waals surface area contributed by atoms with Crippen LogP contribution < -0.4 is 5.32 Å². The third-order valence-corrected chi connectivity index (χ3v) is 2.87. The quantitative estimate of drug-likeness (QED) is 0.907. The first-order valence-electron chi connectivity index (χ1n) is 5.16. The minimum Gasteiger partial charge on any atom is -0.460 e. The Labute approximate surface area is 103 Å². The zero-order chi connectivity index (χ0) is 11.5. The van der Waals surface area contributed by atoms with Crippen molar-refractivity contribution in [2.45, 2.75) is 13.3 Å². The number of H-pyrrole nitrogens is 1. The molecule has 0 saturated carbocycles. The van der Waals surface area contributed by atoms with Gasteiger partial charge in [-0.1, -0.05) is 0 Å². The maximum atomic E-state index is 5.54. The molecular formula is C11H14BrN3O. The second kappa shape index (κ2) is 4.84. The molecule has 2 N–H and O–H groups in total. The van der Waals surface area contributed by atoms with E-state index in [0.717, 1.165) is 40.6 Å². The van der Waals surface area contributed by atoms with Crippen molar-refractivity contribution in [1.82, 2.24) is 15.3 Å². The van der Waals surface area contributed by atoms with E-state index < -0.39 is 0 Å². The molecule has 0 amide bonds. The van der Waals surface area contributed by atoms with Gasteiger partial charge in [0.05, 0.1) is 0 Å². The third kappa shape index (κ3) is 2.36. The molecule has 0 aliphatic heterocycles. The van der Waals surface area contributed by atoms with E-state index >= 15 is 0 Å². The molecule has 2 rings (SSSR count). The zero-order valence-corrected chi connectivity index (χ0v) is 10.9. The van der Waals surface area contributed by atoms with Crippen LogP contribution in [0.25, 0.3) is 11.5 Å². The standard InChI is InChI=1S/C11H14BrN3O/c1-7-3-4-8(16-7)10-11(12)15-9(14-10)5-6-13-2/h3-4,13H,5-6H2,1-2H3,(H,14,15). The van der Waals surface area contributed by atoms with Crippen LogP contribution in [0.2, 0.25) is 0 Å². The monoisotopic (exact) mass is 283 g/mol. The van der Waals surface area contributed by atoms with Gasteiger partial charge in [0.1, 0.15) is 21.9 Å². The normalized spacial score (nSPS) is 10.9. The van der Waals surface area contributed by atoms with Crippen LogP contribution in [0.5, 0.6) is 0 Å². The molecule has 0 aromatic carbocycles. The fourth-order valence-electron chi connectivity index (χ4n) is 1.48. The fourth-order valence-corrected chi connectivity index (χ4v) is 2.00. The van der Waals surface area contributed by atoms with Gasteiger partial charge in [-0.3, -0.25) is 0 Å². The maximum absolute atomic E-state index is 5.54. The van der Waals surface area contributed by atoms with Gasteiger partial charge in [-0.05, 0) is 42.0 Å². The molecule has 0 fully saturated rings. The lowest BCUT2D eigenvalue weighted by Gasteiger charge is -1.93. The molecule has 0 aliphatic carbocycles. The number of nitrogens with zero attached hydrogens (tertiary/aromatic N) is 1. The molecule has 0 radical (unpaired) electrons. The van der Waals surface area contributed by atoms with E-state index in [1.807, 2.05) is 26.1 Å². The van der Waals surface area contributed by atoms with Crippen LogP contribution in [0.1, 0.15) is 11.6 Å². The fraction of sp³-hybridized carbons (Fsp3) is 0.364. The number of aryl methyl sites for hydroxylation is 1. The Morgan fingerprint density at radius 3 is 2.94 bits per heavy atom. The van der Waals surface area contributed by atoms with E-state index in [2.05, 4.69) is 31.2 Å². The van der Waals surface area contributed by atoms with E-state index in [1.54, 1.807) is 0 Å². The number of furan rings is 1. The highest BCUT2D eigenvalue weighted by Gasteiger charge is 2.12. The van der Waals surface area contributed by atoms with Crippen LogP contribution in [0, 0.1) is 6.92 Å². The number of hydrogen-bond donors (Lipinski definition) is 2. The lowest BCUT2D eigenvalue weighted by Crippen LogP contribution is -2.11. The van der Waals surface area contributed by atoms with Crippen molar-refractivity contribution in [2.75, 3.05) is 13.6 Å². The molecule has 2 aromatic heterocycles. The Morgan fingerprint density at radius 1 is 1.50 bits per heavy atom. The number of imidazole rings is 1. The summed E-state index contributed by atoms with van der Waals surface area (Å²) in [4.78, 5) is 7.69. The summed E-state index contributed by atoms with van der Waals surface area (Å²) in [5.41, 5.74) is 0.833. The van der Waals surface area contributed by atoms with Crippen LogP contribution in [0.3, 0.4) is 0 Å². The molecule has 0 aliphatic rings. The number of aromatic amines is 1. The van der Waals surface area contributed by atoms with Gasteiger partial charge in [0, 0.05) is 13.0 Å². The van der Waals surface area contributed by atoms with Gasteiger partial charge in [0.2, 0.25) is 0 Å². The molecule has 0 spiro atoms. The number of hydrogen-bond acceptors (Lipinski definition) is 3. The molecule has 4 nitrogen and oxygen atoms in total. The zero-order valence-electron chi connectivity index (χ0n) is 9.30. The highest BCUT2D eigenvalue weighted by atomic mass is 79.9. The maximum Gasteiger partial charge on any atom is 0.155 e. The van der Waals surface area contributed by atoms with E-state index in [0.29, 0.717) is 0 Å². The highest BCUT2D eigenvalue weighted by Crippen LogP contribution is 2.27. The van der Waals surface area contributed by atoms with Crippen molar-refractivity contribution in [2.24, 2.45) is 0 Å². The Balaban J connectivity index is 2.24. The predicted octanol–water partition coefficient (Wildman–Crippen LogP) is 2.50. The lowest BCUT2D eigenvalue weighted by atomic mass is 10.3. The number of halogens is 1. The Hall–Kier alpha value is -1.07. The number of likely N-dealkylation sites (N-methyl/N-ethyl adjacent to an activating group) is 1. The van der Waals surface area contributed by atoms with Crippen molar-refractivity contribution >= 4 is 15.9 Å². The van der Waals surface area contributed by atoms with Gasteiger partial charge in [-0.25, -0.2) is 4.98 Å². The third-order valence-electron chi connectivity index (χ3n) is 2.29. The summed E-state index contributed by atoms with van der Waals surface area (Å²) in [6.07, 6.45) is 0.870. The molecule has 2 aromatic rings. The highest BCUT2D eigenvalue weighted by molar-refractivity contribution is 9.10. The molecule has 0 saturated heterocycles. The van der Waals surface area contributed by atoms with Crippen LogP contribution >= 0.6 is 15.9 Å². The Bertz CT molecular complexity index is 475. The van der Waals surface area contributed by atoms with Gasteiger partial charge >= 0.3 is 0 Å². The smallest absolute Gasteiger partial charge is 0.155 e. The Kier molecular flexibility index (Phi) is 3.46. The molecule has 0 unspecified atom stereocenters. The minimum absolute atomic E-state index is 0.788. The van der Waals surface area contributed by atoms with E-state index in [9.17, 15) is 0 Å². The SMILES string of the molecule is CNCCc1nc(-c2ccc(C)o2)c(Br)[nH]1. The van der Waals surface area contributed by atoms with Crippen LogP contribution in [-0.2, 0) is 6.42 Å². The Morgan fingerprint density at radius 2 is 2.31 bits per heavy atom. The summed E-state index contributed by atoms with van der Waals surface area (Å²) in [5, 5.41) is 3.09. The van der Waals surface area contributed by atoms with E-state index in [4.69, 9.17) is 4.42 Å². The molecule has 0 bridgehead atoms. The van der Waals surface area contributed by atoms with Gasteiger partial charge < -0.3 is 14.7 Å². The number of aromatic nitrogens is 2. The summed E-state index contributed by atoms with van der Waals surface area (Å²) < 4.78 is 6.41. The second-order valence-corrected chi connectivity index (χ2v) is 4.40. The second-order valence-electron chi connectivity index (χ2n) is 3.61. The molecule has 16 heavy (non-hydrogen) atoms. The number of rotatable bonds is 4. The molecule has 86 valence electrons. The van der Waals surface area contributed by atoms with Crippen LogP contribution in [-0.4, -0.2) is 23.6 Å². The summed E-state index contributed by atoms with van der Waals surface area (Å²) in [6, 6.07) is 3.86. The molecule has 0 atom stereocenters. The van der Waals surface area contributed by atoms with Gasteiger partial charge in [0.25, 0.3) is 0 Å².